The van der Waals surface area contributed by atoms with Crippen molar-refractivity contribution in [3.8, 4) is 5.75 Å². The fourth-order valence-electron chi connectivity index (χ4n) is 3.64. The van der Waals surface area contributed by atoms with E-state index in [1.54, 1.807) is 7.11 Å². The molecule has 0 fully saturated rings. The molecule has 30 heavy (non-hydrogen) atoms. The Balaban J connectivity index is 1.61. The topological polar surface area (TPSA) is 41.9 Å². The number of hydrogen-bond acceptors (Lipinski definition) is 4. The van der Waals surface area contributed by atoms with Crippen LogP contribution in [0.5, 0.6) is 5.75 Å². The van der Waals surface area contributed by atoms with Gasteiger partial charge in [0, 0.05) is 13.1 Å². The zero-order valence-corrected chi connectivity index (χ0v) is 18.0. The lowest BCUT2D eigenvalue weighted by molar-refractivity contribution is -0.00644. The van der Waals surface area contributed by atoms with E-state index in [9.17, 15) is 5.11 Å². The molecule has 158 valence electrons. The van der Waals surface area contributed by atoms with Gasteiger partial charge in [0.05, 0.1) is 19.8 Å². The molecule has 0 aromatic heterocycles. The number of aliphatic hydroxyl groups is 1. The smallest absolute Gasteiger partial charge is 0.119 e. The van der Waals surface area contributed by atoms with Crippen molar-refractivity contribution in [3.63, 3.8) is 0 Å². The zero-order chi connectivity index (χ0) is 21.3. The highest BCUT2D eigenvalue weighted by Gasteiger charge is 2.19. The first-order valence-electron chi connectivity index (χ1n) is 10.3. The first-order chi connectivity index (χ1) is 14.6. The van der Waals surface area contributed by atoms with E-state index in [-0.39, 0.29) is 12.7 Å². The van der Waals surface area contributed by atoms with Crippen molar-refractivity contribution in [2.45, 2.75) is 25.7 Å². The van der Waals surface area contributed by atoms with Crippen LogP contribution in [0.3, 0.4) is 0 Å². The molecule has 0 saturated carbocycles. The predicted molar refractivity (Wildman–Crippen MR) is 121 cm³/mol. The van der Waals surface area contributed by atoms with Gasteiger partial charge in [-0.2, -0.15) is 0 Å². The quantitative estimate of drug-likeness (QED) is 0.535. The Bertz CT molecular complexity index is 913. The maximum atomic E-state index is 10.6. The van der Waals surface area contributed by atoms with E-state index >= 15 is 0 Å². The van der Waals surface area contributed by atoms with Gasteiger partial charge in [0.1, 0.15) is 11.9 Å². The van der Waals surface area contributed by atoms with Gasteiger partial charge in [-0.25, -0.2) is 0 Å². The van der Waals surface area contributed by atoms with Gasteiger partial charge in [-0.05, 0) is 48.4 Å². The molecule has 0 aliphatic carbocycles. The van der Waals surface area contributed by atoms with Gasteiger partial charge in [-0.3, -0.25) is 4.90 Å². The number of nitrogens with zero attached hydrogens (tertiary/aromatic N) is 1. The Labute approximate surface area is 179 Å². The molecule has 0 heterocycles. The summed E-state index contributed by atoms with van der Waals surface area (Å²) in [5.41, 5.74) is 4.53. The molecule has 0 saturated heterocycles. The normalized spacial score (nSPS) is 13.2. The molecule has 4 heteroatoms. The molecule has 4 nitrogen and oxygen atoms in total. The summed E-state index contributed by atoms with van der Waals surface area (Å²) in [7, 11) is 3.67. The van der Waals surface area contributed by atoms with Gasteiger partial charge in [0.25, 0.3) is 0 Å². The Morgan fingerprint density at radius 1 is 0.933 bits per heavy atom. The van der Waals surface area contributed by atoms with E-state index in [4.69, 9.17) is 9.47 Å². The molecule has 3 rings (SSSR count). The molecule has 1 N–H and O–H groups in total. The Morgan fingerprint density at radius 2 is 1.67 bits per heavy atom. The molecular formula is C26H31NO3. The van der Waals surface area contributed by atoms with E-state index in [1.807, 2.05) is 55.6 Å². The highest BCUT2D eigenvalue weighted by atomic mass is 16.5. The lowest BCUT2D eigenvalue weighted by Gasteiger charge is -2.25. The monoisotopic (exact) mass is 405 g/mol. The van der Waals surface area contributed by atoms with Crippen LogP contribution in [0.4, 0.5) is 0 Å². The van der Waals surface area contributed by atoms with Crippen LogP contribution in [-0.2, 0) is 11.3 Å². The van der Waals surface area contributed by atoms with Crippen LogP contribution in [0, 0.1) is 6.92 Å². The molecule has 0 spiro atoms. The second kappa shape index (κ2) is 10.9. The third-order valence-corrected chi connectivity index (χ3v) is 5.14. The van der Waals surface area contributed by atoms with Crippen molar-refractivity contribution < 1.29 is 14.6 Å². The standard InChI is InChI=1S/C26H31NO3/c1-20-10-7-8-15-25(20)26(22-12-5-4-6-13-22)30-19-23(28)18-27(2)17-21-11-9-14-24(16-21)29-3/h4-16,23,26,28H,17-19H2,1-3H3/t23-,26-/m0/s1. The van der Waals surface area contributed by atoms with Gasteiger partial charge in [-0.1, -0.05) is 66.7 Å². The molecule has 3 aromatic carbocycles. The van der Waals surface area contributed by atoms with Crippen LogP contribution in [0.1, 0.15) is 28.4 Å². The molecule has 3 aromatic rings. The first-order valence-corrected chi connectivity index (χ1v) is 10.3. The summed E-state index contributed by atoms with van der Waals surface area (Å²) >= 11 is 0. The van der Waals surface area contributed by atoms with Gasteiger partial charge in [0.2, 0.25) is 0 Å². The van der Waals surface area contributed by atoms with Crippen molar-refractivity contribution in [2.75, 3.05) is 27.3 Å². The zero-order valence-electron chi connectivity index (χ0n) is 18.0. The molecule has 0 aliphatic heterocycles. The third kappa shape index (κ3) is 6.17. The summed E-state index contributed by atoms with van der Waals surface area (Å²) in [5.74, 6) is 0.841. The predicted octanol–water partition coefficient (Wildman–Crippen LogP) is 4.60. The van der Waals surface area contributed by atoms with Crippen LogP contribution in [-0.4, -0.2) is 43.4 Å². The summed E-state index contributed by atoms with van der Waals surface area (Å²) in [6.45, 7) is 3.60. The lowest BCUT2D eigenvalue weighted by atomic mass is 9.97. The number of aryl methyl sites for hydroxylation is 1. The van der Waals surface area contributed by atoms with Gasteiger partial charge in [0.15, 0.2) is 0 Å². The maximum Gasteiger partial charge on any atom is 0.119 e. The van der Waals surface area contributed by atoms with E-state index in [0.717, 1.165) is 29.0 Å². The summed E-state index contributed by atoms with van der Waals surface area (Å²) in [6, 6.07) is 26.4. The van der Waals surface area contributed by atoms with Crippen molar-refractivity contribution in [1.82, 2.24) is 4.90 Å². The molecule has 0 bridgehead atoms. The highest BCUT2D eigenvalue weighted by Crippen LogP contribution is 2.28. The van der Waals surface area contributed by atoms with Crippen LogP contribution in [0.15, 0.2) is 78.9 Å². The van der Waals surface area contributed by atoms with Gasteiger partial charge in [-0.15, -0.1) is 0 Å². The number of methoxy groups -OCH3 is 1. The summed E-state index contributed by atoms with van der Waals surface area (Å²) < 4.78 is 11.5. The fraction of sp³-hybridized carbons (Fsp3) is 0.308. The van der Waals surface area contributed by atoms with E-state index in [2.05, 4.69) is 42.2 Å². The Hall–Kier alpha value is -2.66. The van der Waals surface area contributed by atoms with Crippen molar-refractivity contribution in [1.29, 1.82) is 0 Å². The second-order valence-corrected chi connectivity index (χ2v) is 7.68. The average Bonchev–Trinajstić information content (AvgIpc) is 2.76. The maximum absolute atomic E-state index is 10.6. The van der Waals surface area contributed by atoms with E-state index in [0.29, 0.717) is 6.54 Å². The second-order valence-electron chi connectivity index (χ2n) is 7.68. The molecule has 0 radical (unpaired) electrons. The van der Waals surface area contributed by atoms with E-state index < -0.39 is 6.10 Å². The van der Waals surface area contributed by atoms with Crippen molar-refractivity contribution in [2.24, 2.45) is 0 Å². The Morgan fingerprint density at radius 3 is 2.40 bits per heavy atom. The minimum Gasteiger partial charge on any atom is -0.497 e. The van der Waals surface area contributed by atoms with Crippen molar-refractivity contribution >= 4 is 0 Å². The molecule has 0 unspecified atom stereocenters. The van der Waals surface area contributed by atoms with Gasteiger partial charge < -0.3 is 14.6 Å². The number of aliphatic hydroxyl groups excluding tert-OH is 1. The number of ether oxygens (including phenoxy) is 2. The minimum atomic E-state index is -0.587. The SMILES string of the molecule is COc1cccc(CN(C)C[C@H](O)CO[C@@H](c2ccccc2)c2ccccc2C)c1. The number of rotatable bonds is 10. The summed E-state index contributed by atoms with van der Waals surface area (Å²) in [4.78, 5) is 2.09. The fourth-order valence-corrected chi connectivity index (χ4v) is 3.64. The largest absolute Gasteiger partial charge is 0.497 e. The molecule has 2 atom stereocenters. The van der Waals surface area contributed by atoms with Gasteiger partial charge >= 0.3 is 0 Å². The van der Waals surface area contributed by atoms with Crippen molar-refractivity contribution in [3.05, 3.63) is 101 Å². The number of benzene rings is 3. The summed E-state index contributed by atoms with van der Waals surface area (Å²) in [5, 5.41) is 10.6. The van der Waals surface area contributed by atoms with Crippen LogP contribution >= 0.6 is 0 Å². The number of likely N-dealkylation sites (N-methyl/N-ethyl adjacent to an activating group) is 1. The molecular weight excluding hydrogens is 374 g/mol. The highest BCUT2D eigenvalue weighted by molar-refractivity contribution is 5.35. The Kier molecular flexibility index (Phi) is 8.03. The minimum absolute atomic E-state index is 0.203. The van der Waals surface area contributed by atoms with Crippen LogP contribution in [0.25, 0.3) is 0 Å². The molecule has 0 aliphatic rings. The average molecular weight is 406 g/mol. The van der Waals surface area contributed by atoms with E-state index in [1.165, 1.54) is 5.56 Å². The summed E-state index contributed by atoms with van der Waals surface area (Å²) in [6.07, 6.45) is -0.790. The van der Waals surface area contributed by atoms with Crippen LogP contribution in [0.2, 0.25) is 0 Å². The molecule has 0 amide bonds. The first kappa shape index (κ1) is 22.0. The lowest BCUT2D eigenvalue weighted by Crippen LogP contribution is -2.32. The third-order valence-electron chi connectivity index (χ3n) is 5.14. The van der Waals surface area contributed by atoms with Crippen LogP contribution < -0.4 is 4.74 Å². The number of hydrogen-bond donors (Lipinski definition) is 1.